The van der Waals surface area contributed by atoms with Gasteiger partial charge < -0.3 is 19.3 Å². The van der Waals surface area contributed by atoms with Crippen molar-refractivity contribution in [2.45, 2.75) is 18.7 Å². The maximum absolute atomic E-state index is 13.0. The zero-order valence-corrected chi connectivity index (χ0v) is 19.7. The third kappa shape index (κ3) is 6.69. The summed E-state index contributed by atoms with van der Waals surface area (Å²) >= 11 is 1.63. The van der Waals surface area contributed by atoms with Gasteiger partial charge in [0.15, 0.2) is 0 Å². The average molecular weight is 433 g/mol. The van der Waals surface area contributed by atoms with Gasteiger partial charge in [0.25, 0.3) is 5.91 Å². The summed E-state index contributed by atoms with van der Waals surface area (Å²) in [4.78, 5) is 26.8. The number of benzene rings is 2. The van der Waals surface area contributed by atoms with Crippen LogP contribution in [0.15, 0.2) is 41.3 Å². The summed E-state index contributed by atoms with van der Waals surface area (Å²) in [5.74, 6) is 1.50. The van der Waals surface area contributed by atoms with E-state index in [0.29, 0.717) is 24.4 Å². The van der Waals surface area contributed by atoms with Gasteiger partial charge in [-0.15, -0.1) is 11.8 Å². The minimum atomic E-state index is 0.0155. The molecule has 7 heteroatoms. The first-order chi connectivity index (χ1) is 14.4. The predicted molar refractivity (Wildman–Crippen MR) is 124 cm³/mol. The van der Waals surface area contributed by atoms with E-state index >= 15 is 0 Å². The van der Waals surface area contributed by atoms with Gasteiger partial charge in [-0.05, 0) is 67.6 Å². The Balaban J connectivity index is 0.000000804. The number of rotatable bonds is 8. The largest absolute Gasteiger partial charge is 0.497 e. The highest BCUT2D eigenvalue weighted by Gasteiger charge is 2.20. The molecule has 0 unspecified atom stereocenters. The molecule has 0 fully saturated rings. The number of carbonyl (C=O) groups is 2. The van der Waals surface area contributed by atoms with Crippen molar-refractivity contribution >= 4 is 24.1 Å². The van der Waals surface area contributed by atoms with Gasteiger partial charge in [-0.1, -0.05) is 0 Å². The molecule has 0 aliphatic rings. The van der Waals surface area contributed by atoms with Crippen LogP contribution in [0.1, 0.15) is 24.2 Å². The van der Waals surface area contributed by atoms with E-state index in [1.807, 2.05) is 61.4 Å². The molecular weight excluding hydrogens is 400 g/mol. The molecule has 164 valence electrons. The molecule has 0 bridgehead atoms. The second-order valence-electron chi connectivity index (χ2n) is 6.52. The number of thioether (sulfide) groups is 1. The van der Waals surface area contributed by atoms with E-state index < -0.39 is 0 Å². The van der Waals surface area contributed by atoms with Crippen LogP contribution >= 0.6 is 11.8 Å². The highest BCUT2D eigenvalue weighted by atomic mass is 32.2. The number of ether oxygens (including phenoxy) is 2. The number of amides is 2. The van der Waals surface area contributed by atoms with Crippen molar-refractivity contribution in [3.05, 3.63) is 42.0 Å². The number of nitrogens with zero attached hydrogens (tertiary/aromatic N) is 2. The van der Waals surface area contributed by atoms with Crippen molar-refractivity contribution in [2.75, 3.05) is 47.7 Å². The van der Waals surface area contributed by atoms with E-state index in [2.05, 4.69) is 0 Å². The van der Waals surface area contributed by atoms with Crippen LogP contribution < -0.4 is 9.47 Å². The van der Waals surface area contributed by atoms with Crippen LogP contribution in [0, 0.1) is 0 Å². The fraction of sp³-hybridized carbons (Fsp3) is 0.391. The van der Waals surface area contributed by atoms with E-state index in [1.54, 1.807) is 40.1 Å². The van der Waals surface area contributed by atoms with Crippen LogP contribution in [0.3, 0.4) is 0 Å². The average Bonchev–Trinajstić information content (AvgIpc) is 2.79. The Labute approximate surface area is 184 Å². The van der Waals surface area contributed by atoms with Crippen molar-refractivity contribution in [3.8, 4) is 22.6 Å². The molecule has 0 saturated heterocycles. The van der Waals surface area contributed by atoms with E-state index in [1.165, 1.54) is 4.90 Å². The Bertz CT molecular complexity index is 836. The van der Waals surface area contributed by atoms with Gasteiger partial charge in [-0.2, -0.15) is 0 Å². The summed E-state index contributed by atoms with van der Waals surface area (Å²) in [6, 6.07) is 11.6. The van der Waals surface area contributed by atoms with Crippen molar-refractivity contribution in [3.63, 3.8) is 0 Å². The zero-order chi connectivity index (χ0) is 22.7. The smallest absolute Gasteiger partial charge is 0.254 e. The Morgan fingerprint density at radius 2 is 1.47 bits per heavy atom. The molecule has 2 rings (SSSR count). The van der Waals surface area contributed by atoms with Gasteiger partial charge in [-0.25, -0.2) is 0 Å². The first-order valence-corrected chi connectivity index (χ1v) is 10.9. The van der Waals surface area contributed by atoms with Gasteiger partial charge >= 0.3 is 0 Å². The monoisotopic (exact) mass is 432 g/mol. The van der Waals surface area contributed by atoms with E-state index in [-0.39, 0.29) is 5.91 Å². The molecule has 2 aromatic rings. The first kappa shape index (κ1) is 25.4. The molecule has 0 aliphatic heterocycles. The van der Waals surface area contributed by atoms with Gasteiger partial charge in [0.2, 0.25) is 6.41 Å². The highest BCUT2D eigenvalue weighted by Crippen LogP contribution is 2.36. The van der Waals surface area contributed by atoms with Gasteiger partial charge in [0.05, 0.1) is 19.8 Å². The van der Waals surface area contributed by atoms with Gasteiger partial charge in [-0.3, -0.25) is 9.59 Å². The molecule has 2 aromatic carbocycles. The minimum absolute atomic E-state index is 0.0155. The molecule has 0 N–H and O–H groups in total. The van der Waals surface area contributed by atoms with Crippen molar-refractivity contribution < 1.29 is 19.1 Å². The molecule has 0 aromatic heterocycles. The zero-order valence-electron chi connectivity index (χ0n) is 18.9. The lowest BCUT2D eigenvalue weighted by atomic mass is 9.98. The Hall–Kier alpha value is -2.67. The lowest BCUT2D eigenvalue weighted by Gasteiger charge is -2.21. The third-order valence-electron chi connectivity index (χ3n) is 4.42. The second-order valence-corrected chi connectivity index (χ2v) is 7.37. The summed E-state index contributed by atoms with van der Waals surface area (Å²) in [5.41, 5.74) is 2.58. The van der Waals surface area contributed by atoms with Crippen LogP contribution in [0.4, 0.5) is 0 Å². The quantitative estimate of drug-likeness (QED) is 0.460. The minimum Gasteiger partial charge on any atom is -0.497 e. The fourth-order valence-corrected chi connectivity index (χ4v) is 3.40. The van der Waals surface area contributed by atoms with Crippen LogP contribution in [-0.2, 0) is 4.79 Å². The standard InChI is InChI=1S/C20H25NO3S.C3H7NO/c1-6-21(7-2)20(22)18-12-14(23-3)8-10-16(18)17-11-9-15(24-4)13-19(17)25-5;1-4(2)3-5/h8-13H,6-7H2,1-5H3;3H,1-2H3. The molecular formula is C23H32N2O4S. The van der Waals surface area contributed by atoms with Crippen LogP contribution in [0.25, 0.3) is 11.1 Å². The van der Waals surface area contributed by atoms with Gasteiger partial charge in [0.1, 0.15) is 11.5 Å². The number of hydrogen-bond acceptors (Lipinski definition) is 5. The lowest BCUT2D eigenvalue weighted by Crippen LogP contribution is -2.30. The molecule has 6 nitrogen and oxygen atoms in total. The van der Waals surface area contributed by atoms with Crippen LogP contribution in [-0.4, -0.2) is 69.8 Å². The van der Waals surface area contributed by atoms with Crippen LogP contribution in [0.5, 0.6) is 11.5 Å². The molecule has 0 radical (unpaired) electrons. The number of hydrogen-bond donors (Lipinski definition) is 0. The molecule has 0 saturated carbocycles. The normalized spacial score (nSPS) is 9.83. The molecule has 30 heavy (non-hydrogen) atoms. The molecule has 0 heterocycles. The number of methoxy groups -OCH3 is 2. The highest BCUT2D eigenvalue weighted by molar-refractivity contribution is 7.98. The summed E-state index contributed by atoms with van der Waals surface area (Å²) in [6.07, 6.45) is 2.77. The lowest BCUT2D eigenvalue weighted by molar-refractivity contribution is -0.115. The first-order valence-electron chi connectivity index (χ1n) is 9.68. The molecule has 2 amide bonds. The second kappa shape index (κ2) is 12.8. The molecule has 0 atom stereocenters. The predicted octanol–water partition coefficient (Wildman–Crippen LogP) is 4.28. The van der Waals surface area contributed by atoms with Crippen LogP contribution in [0.2, 0.25) is 0 Å². The molecule has 0 aliphatic carbocycles. The Morgan fingerprint density at radius 1 is 0.967 bits per heavy atom. The van der Waals surface area contributed by atoms with E-state index in [0.717, 1.165) is 28.2 Å². The summed E-state index contributed by atoms with van der Waals surface area (Å²) in [6.45, 7) is 5.32. The topological polar surface area (TPSA) is 59.1 Å². The summed E-state index contributed by atoms with van der Waals surface area (Å²) in [7, 11) is 6.64. The van der Waals surface area contributed by atoms with Crippen molar-refractivity contribution in [1.82, 2.24) is 9.80 Å². The summed E-state index contributed by atoms with van der Waals surface area (Å²) in [5, 5.41) is 0. The SMILES string of the molecule is CCN(CC)C(=O)c1cc(OC)ccc1-c1ccc(OC)cc1SC.CN(C)C=O. The van der Waals surface area contributed by atoms with Crippen molar-refractivity contribution in [2.24, 2.45) is 0 Å². The fourth-order valence-electron chi connectivity index (χ4n) is 2.76. The Kier molecular flexibility index (Phi) is 10.8. The van der Waals surface area contributed by atoms with E-state index in [4.69, 9.17) is 9.47 Å². The maximum atomic E-state index is 13.0. The number of carbonyl (C=O) groups excluding carboxylic acids is 2. The van der Waals surface area contributed by atoms with E-state index in [9.17, 15) is 9.59 Å². The van der Waals surface area contributed by atoms with Gasteiger partial charge in [0, 0.05) is 32.1 Å². The third-order valence-corrected chi connectivity index (χ3v) is 5.20. The Morgan fingerprint density at radius 3 is 1.90 bits per heavy atom. The summed E-state index contributed by atoms with van der Waals surface area (Å²) < 4.78 is 10.7. The molecule has 0 spiro atoms. The maximum Gasteiger partial charge on any atom is 0.254 e. The van der Waals surface area contributed by atoms with Crippen molar-refractivity contribution in [1.29, 1.82) is 0 Å².